The van der Waals surface area contributed by atoms with E-state index in [1.807, 2.05) is 65.2 Å². The molecule has 1 N–H and O–H groups in total. The number of carbonyl (C=O) groups is 2. The molecule has 0 fully saturated rings. The smallest absolute Gasteiger partial charge is 0.326 e. The van der Waals surface area contributed by atoms with E-state index in [9.17, 15) is 24.8 Å². The maximum Gasteiger partial charge on any atom is 0.326 e. The molecule has 1 aliphatic rings. The number of rotatable bonds is 7. The number of aliphatic carboxylic acids is 1. The molecule has 0 aliphatic carbocycles. The van der Waals surface area contributed by atoms with Crippen LogP contribution in [0.3, 0.4) is 0 Å². The van der Waals surface area contributed by atoms with Gasteiger partial charge in [0, 0.05) is 30.3 Å². The summed E-state index contributed by atoms with van der Waals surface area (Å²) in [7, 11) is 0. The zero-order valence-corrected chi connectivity index (χ0v) is 20.7. The number of benzene rings is 3. The normalized spacial score (nSPS) is 14.8. The third kappa shape index (κ3) is 4.78. The highest BCUT2D eigenvalue weighted by Gasteiger charge is 2.40. The van der Waals surface area contributed by atoms with Gasteiger partial charge in [-0.1, -0.05) is 66.7 Å². The lowest BCUT2D eigenvalue weighted by Crippen LogP contribution is -2.50. The summed E-state index contributed by atoms with van der Waals surface area (Å²) in [5.41, 5.74) is 4.41. The van der Waals surface area contributed by atoms with Gasteiger partial charge in [-0.15, -0.1) is 0 Å². The molecule has 1 aliphatic heterocycles. The number of carboxylic acid groups (broad SMARTS) is 1. The van der Waals surface area contributed by atoms with E-state index in [1.54, 1.807) is 25.4 Å². The molecule has 9 heteroatoms. The maximum absolute atomic E-state index is 14.0. The Bertz CT molecular complexity index is 1460. The number of hydrogen-bond donors (Lipinski definition) is 1. The van der Waals surface area contributed by atoms with Gasteiger partial charge >= 0.3 is 5.97 Å². The molecule has 1 atom stereocenters. The summed E-state index contributed by atoms with van der Waals surface area (Å²) in [4.78, 5) is 43.1. The van der Waals surface area contributed by atoms with E-state index in [-0.39, 0.29) is 24.6 Å². The first-order valence-electron chi connectivity index (χ1n) is 12.2. The van der Waals surface area contributed by atoms with E-state index in [0.29, 0.717) is 17.8 Å². The minimum absolute atomic E-state index is 0.0490. The fourth-order valence-electron chi connectivity index (χ4n) is 5.12. The SMILES string of the molecule is Cc1cc(Cn2cnc3c2CC(C(=O)O)N(C(=O)C(c2ccccc2)c2ccccc2)C3)ccc1[N+](=O)[O-]. The molecule has 4 aromatic rings. The van der Waals surface area contributed by atoms with Gasteiger partial charge in [-0.3, -0.25) is 14.9 Å². The van der Waals surface area contributed by atoms with Gasteiger partial charge in [0.1, 0.15) is 6.04 Å². The predicted octanol–water partition coefficient (Wildman–Crippen LogP) is 4.32. The molecule has 2 heterocycles. The van der Waals surface area contributed by atoms with Gasteiger partial charge in [0.05, 0.1) is 29.4 Å². The minimum Gasteiger partial charge on any atom is -0.480 e. The average molecular weight is 511 g/mol. The van der Waals surface area contributed by atoms with E-state index >= 15 is 0 Å². The van der Waals surface area contributed by atoms with Crippen LogP contribution in [-0.2, 0) is 29.1 Å². The molecule has 0 bridgehead atoms. The van der Waals surface area contributed by atoms with Crippen LogP contribution in [-0.4, -0.2) is 42.4 Å². The number of nitro benzene ring substituents is 1. The second kappa shape index (κ2) is 10.3. The lowest BCUT2D eigenvalue weighted by Gasteiger charge is -2.35. The van der Waals surface area contributed by atoms with Crippen LogP contribution in [0, 0.1) is 17.0 Å². The van der Waals surface area contributed by atoms with Crippen LogP contribution in [0.2, 0.25) is 0 Å². The number of carboxylic acids is 1. The molecule has 38 heavy (non-hydrogen) atoms. The molecule has 3 aromatic carbocycles. The molecule has 5 rings (SSSR count). The molecule has 1 unspecified atom stereocenters. The van der Waals surface area contributed by atoms with Crippen molar-refractivity contribution in [2.45, 2.75) is 38.4 Å². The van der Waals surface area contributed by atoms with Crippen molar-refractivity contribution in [2.75, 3.05) is 0 Å². The number of fused-ring (bicyclic) bond motifs is 1. The van der Waals surface area contributed by atoms with Crippen LogP contribution in [0.4, 0.5) is 5.69 Å². The van der Waals surface area contributed by atoms with Crippen molar-refractivity contribution in [2.24, 2.45) is 0 Å². The Morgan fingerprint density at radius 1 is 1.05 bits per heavy atom. The van der Waals surface area contributed by atoms with Gasteiger partial charge in [0.2, 0.25) is 5.91 Å². The molecule has 0 spiro atoms. The number of aromatic nitrogens is 2. The van der Waals surface area contributed by atoms with E-state index in [2.05, 4.69) is 4.98 Å². The number of amides is 1. The summed E-state index contributed by atoms with van der Waals surface area (Å²) >= 11 is 0. The lowest BCUT2D eigenvalue weighted by molar-refractivity contribution is -0.385. The van der Waals surface area contributed by atoms with Crippen molar-refractivity contribution in [3.63, 3.8) is 0 Å². The maximum atomic E-state index is 14.0. The Morgan fingerprint density at radius 3 is 2.24 bits per heavy atom. The zero-order chi connectivity index (χ0) is 26.8. The Balaban J connectivity index is 1.46. The summed E-state index contributed by atoms with van der Waals surface area (Å²) in [6, 6.07) is 22.6. The summed E-state index contributed by atoms with van der Waals surface area (Å²) in [5, 5.41) is 21.3. The molecule has 9 nitrogen and oxygen atoms in total. The fourth-order valence-corrected chi connectivity index (χ4v) is 5.12. The largest absolute Gasteiger partial charge is 0.480 e. The van der Waals surface area contributed by atoms with Crippen molar-refractivity contribution in [1.29, 1.82) is 0 Å². The Labute approximate surface area is 219 Å². The van der Waals surface area contributed by atoms with Crippen molar-refractivity contribution in [3.05, 3.63) is 129 Å². The van der Waals surface area contributed by atoms with E-state index < -0.39 is 22.9 Å². The van der Waals surface area contributed by atoms with Gasteiger partial charge in [0.25, 0.3) is 5.69 Å². The van der Waals surface area contributed by atoms with Crippen molar-refractivity contribution >= 4 is 17.6 Å². The first-order chi connectivity index (χ1) is 18.3. The monoisotopic (exact) mass is 510 g/mol. The van der Waals surface area contributed by atoms with Gasteiger partial charge in [0.15, 0.2) is 0 Å². The molecule has 0 saturated carbocycles. The number of aryl methyl sites for hydroxylation is 1. The van der Waals surface area contributed by atoms with Gasteiger partial charge in [-0.2, -0.15) is 0 Å². The van der Waals surface area contributed by atoms with E-state index in [0.717, 1.165) is 22.4 Å². The molecular formula is C29H26N4O5. The minimum atomic E-state index is -1.08. The van der Waals surface area contributed by atoms with Crippen LogP contribution in [0.5, 0.6) is 0 Å². The van der Waals surface area contributed by atoms with Crippen molar-refractivity contribution in [1.82, 2.24) is 14.5 Å². The van der Waals surface area contributed by atoms with Crippen LogP contribution >= 0.6 is 0 Å². The molecule has 1 amide bonds. The second-order valence-electron chi connectivity index (χ2n) is 9.42. The third-order valence-corrected chi connectivity index (χ3v) is 7.01. The molecular weight excluding hydrogens is 484 g/mol. The Morgan fingerprint density at radius 2 is 1.68 bits per heavy atom. The summed E-state index contributed by atoms with van der Waals surface area (Å²) < 4.78 is 1.86. The topological polar surface area (TPSA) is 119 Å². The number of carbonyl (C=O) groups excluding carboxylic acids is 1. The average Bonchev–Trinajstić information content (AvgIpc) is 3.30. The lowest BCUT2D eigenvalue weighted by atomic mass is 9.88. The van der Waals surface area contributed by atoms with E-state index in [1.165, 1.54) is 11.0 Å². The van der Waals surface area contributed by atoms with Gasteiger partial charge in [-0.25, -0.2) is 9.78 Å². The summed E-state index contributed by atoms with van der Waals surface area (Å²) in [5.74, 6) is -2.02. The van der Waals surface area contributed by atoms with Crippen LogP contribution in [0.25, 0.3) is 0 Å². The van der Waals surface area contributed by atoms with Gasteiger partial charge < -0.3 is 14.6 Å². The zero-order valence-electron chi connectivity index (χ0n) is 20.7. The number of imidazole rings is 1. The number of nitro groups is 1. The first kappa shape index (κ1) is 24.9. The Hall–Kier alpha value is -4.79. The highest BCUT2D eigenvalue weighted by Crippen LogP contribution is 2.32. The standard InChI is InChI=1S/C29H26N4O5/c1-19-14-20(12-13-24(19)33(37)38)16-31-18-30-23-17-32(26(29(35)36)15-25(23)31)28(34)27(21-8-4-2-5-9-21)22-10-6-3-7-11-22/h2-14,18,26-27H,15-17H2,1H3,(H,35,36). The fraction of sp³-hybridized carbons (Fsp3) is 0.207. The van der Waals surface area contributed by atoms with E-state index in [4.69, 9.17) is 0 Å². The Kier molecular flexibility index (Phi) is 6.74. The first-order valence-corrected chi connectivity index (χ1v) is 12.2. The molecule has 0 saturated heterocycles. The third-order valence-electron chi connectivity index (χ3n) is 7.01. The molecule has 0 radical (unpaired) electrons. The van der Waals surface area contributed by atoms with Crippen LogP contribution in [0.15, 0.2) is 85.2 Å². The van der Waals surface area contributed by atoms with Crippen molar-refractivity contribution in [3.8, 4) is 0 Å². The summed E-state index contributed by atoms with van der Waals surface area (Å²) in [6.45, 7) is 2.15. The van der Waals surface area contributed by atoms with Crippen LogP contribution in [0.1, 0.15) is 39.6 Å². The van der Waals surface area contributed by atoms with Gasteiger partial charge in [-0.05, 0) is 29.7 Å². The predicted molar refractivity (Wildman–Crippen MR) is 140 cm³/mol. The highest BCUT2D eigenvalue weighted by atomic mass is 16.6. The highest BCUT2D eigenvalue weighted by molar-refractivity contribution is 5.91. The number of hydrogen-bond acceptors (Lipinski definition) is 5. The second-order valence-corrected chi connectivity index (χ2v) is 9.42. The quantitative estimate of drug-likeness (QED) is 0.292. The molecule has 192 valence electrons. The number of nitrogens with zero attached hydrogens (tertiary/aromatic N) is 4. The van der Waals surface area contributed by atoms with Crippen LogP contribution < -0.4 is 0 Å². The van der Waals surface area contributed by atoms with Crippen molar-refractivity contribution < 1.29 is 19.6 Å². The molecule has 1 aromatic heterocycles. The summed E-state index contributed by atoms with van der Waals surface area (Å²) in [6.07, 6.45) is 1.75.